The lowest BCUT2D eigenvalue weighted by Crippen LogP contribution is -2.12. The van der Waals surface area contributed by atoms with Crippen molar-refractivity contribution in [1.82, 2.24) is 9.97 Å². The van der Waals surface area contributed by atoms with E-state index in [-0.39, 0.29) is 5.82 Å². The van der Waals surface area contributed by atoms with Crippen LogP contribution in [0.4, 0.5) is 5.82 Å². The molecule has 1 aromatic heterocycles. The summed E-state index contributed by atoms with van der Waals surface area (Å²) in [6.45, 7) is 0. The Balaban J connectivity index is 2.35. The van der Waals surface area contributed by atoms with Crippen LogP contribution in [0.25, 0.3) is 0 Å². The van der Waals surface area contributed by atoms with Gasteiger partial charge in [-0.15, -0.1) is 0 Å². The molecule has 1 heterocycles. The van der Waals surface area contributed by atoms with Crippen molar-refractivity contribution in [2.45, 2.75) is 0 Å². The van der Waals surface area contributed by atoms with Crippen molar-refractivity contribution in [3.8, 4) is 11.8 Å². The van der Waals surface area contributed by atoms with Crippen LogP contribution in [0.2, 0.25) is 0 Å². The molecule has 4 heteroatoms. The van der Waals surface area contributed by atoms with E-state index in [1.807, 2.05) is 30.3 Å². The Labute approximate surface area is 92.2 Å². The second kappa shape index (κ2) is 4.32. The molecule has 0 fully saturated rings. The molecular formula is C12H9N3O. The average molecular weight is 211 g/mol. The zero-order valence-electron chi connectivity index (χ0n) is 8.40. The average Bonchev–Trinajstić information content (AvgIpc) is 2.29. The normalized spacial score (nSPS) is 9.25. The first-order chi connectivity index (χ1) is 7.75. The summed E-state index contributed by atoms with van der Waals surface area (Å²) in [5.74, 6) is 6.02. The number of hydrogen-bond acceptors (Lipinski definition) is 3. The highest BCUT2D eigenvalue weighted by Gasteiger charge is 1.95. The molecule has 0 unspecified atom stereocenters. The van der Waals surface area contributed by atoms with Crippen molar-refractivity contribution in [1.29, 1.82) is 0 Å². The SMILES string of the molecule is Nc1[nH]c(=O)ncc1C#Cc1ccccc1. The smallest absolute Gasteiger partial charge is 0.346 e. The van der Waals surface area contributed by atoms with Gasteiger partial charge in [-0.05, 0) is 12.1 Å². The van der Waals surface area contributed by atoms with Gasteiger partial charge in [0.15, 0.2) is 0 Å². The van der Waals surface area contributed by atoms with E-state index in [2.05, 4.69) is 21.8 Å². The molecular weight excluding hydrogens is 202 g/mol. The Bertz CT molecular complexity index is 605. The van der Waals surface area contributed by atoms with E-state index in [0.717, 1.165) is 5.56 Å². The fraction of sp³-hybridized carbons (Fsp3) is 0. The molecule has 0 saturated heterocycles. The topological polar surface area (TPSA) is 71.8 Å². The summed E-state index contributed by atoms with van der Waals surface area (Å²) in [6, 6.07) is 9.50. The number of aromatic amines is 1. The maximum absolute atomic E-state index is 10.8. The van der Waals surface area contributed by atoms with Crippen molar-refractivity contribution in [2.75, 3.05) is 5.73 Å². The number of nitrogens with two attached hydrogens (primary N) is 1. The van der Waals surface area contributed by atoms with Gasteiger partial charge in [0.1, 0.15) is 5.82 Å². The molecule has 0 aliphatic carbocycles. The minimum absolute atomic E-state index is 0.239. The quantitative estimate of drug-likeness (QED) is 0.632. The summed E-state index contributed by atoms with van der Waals surface area (Å²) < 4.78 is 0. The zero-order chi connectivity index (χ0) is 11.4. The number of nitrogens with zero attached hydrogens (tertiary/aromatic N) is 1. The van der Waals surface area contributed by atoms with E-state index in [9.17, 15) is 4.79 Å². The molecule has 78 valence electrons. The van der Waals surface area contributed by atoms with Gasteiger partial charge in [0.05, 0.1) is 11.8 Å². The Kier molecular flexibility index (Phi) is 2.70. The van der Waals surface area contributed by atoms with E-state index in [1.54, 1.807) is 0 Å². The van der Waals surface area contributed by atoms with E-state index in [0.29, 0.717) is 5.56 Å². The molecule has 0 amide bonds. The molecule has 0 spiro atoms. The highest BCUT2D eigenvalue weighted by atomic mass is 16.1. The standard InChI is InChI=1S/C12H9N3O/c13-11-10(8-14-12(16)15-11)7-6-9-4-2-1-3-5-9/h1-5,8H,(H3,13,14,15,16). The summed E-state index contributed by atoms with van der Waals surface area (Å²) in [4.78, 5) is 16.8. The number of hydrogen-bond donors (Lipinski definition) is 2. The summed E-state index contributed by atoms with van der Waals surface area (Å²) in [7, 11) is 0. The summed E-state index contributed by atoms with van der Waals surface area (Å²) in [6.07, 6.45) is 1.37. The number of anilines is 1. The minimum atomic E-state index is -0.470. The Hall–Kier alpha value is -2.54. The fourth-order valence-electron chi connectivity index (χ4n) is 1.17. The maximum Gasteiger partial charge on any atom is 0.346 e. The number of aromatic nitrogens is 2. The van der Waals surface area contributed by atoms with Crippen molar-refractivity contribution < 1.29 is 0 Å². The largest absolute Gasteiger partial charge is 0.384 e. The van der Waals surface area contributed by atoms with E-state index >= 15 is 0 Å². The van der Waals surface area contributed by atoms with Crippen molar-refractivity contribution in [2.24, 2.45) is 0 Å². The molecule has 0 bridgehead atoms. The van der Waals surface area contributed by atoms with Gasteiger partial charge in [0.25, 0.3) is 0 Å². The third-order valence-electron chi connectivity index (χ3n) is 1.96. The second-order valence-electron chi connectivity index (χ2n) is 3.13. The first-order valence-electron chi connectivity index (χ1n) is 4.67. The number of benzene rings is 1. The van der Waals surface area contributed by atoms with E-state index < -0.39 is 5.69 Å². The molecule has 0 aliphatic rings. The fourth-order valence-corrected chi connectivity index (χ4v) is 1.17. The third-order valence-corrected chi connectivity index (χ3v) is 1.96. The summed E-state index contributed by atoms with van der Waals surface area (Å²) in [5.41, 5.74) is 6.52. The number of nitrogen functional groups attached to an aromatic ring is 1. The Morgan fingerprint density at radius 3 is 2.62 bits per heavy atom. The van der Waals surface area contributed by atoms with Crippen molar-refractivity contribution >= 4 is 5.82 Å². The zero-order valence-corrected chi connectivity index (χ0v) is 8.40. The van der Waals surface area contributed by atoms with Crippen LogP contribution >= 0.6 is 0 Å². The van der Waals surface area contributed by atoms with E-state index in [1.165, 1.54) is 6.20 Å². The Morgan fingerprint density at radius 2 is 1.94 bits per heavy atom. The van der Waals surface area contributed by atoms with Gasteiger partial charge in [0.2, 0.25) is 0 Å². The van der Waals surface area contributed by atoms with Gasteiger partial charge in [-0.3, -0.25) is 4.98 Å². The number of nitrogens with one attached hydrogen (secondary N) is 1. The molecule has 0 aliphatic heterocycles. The highest BCUT2D eigenvalue weighted by Crippen LogP contribution is 2.02. The lowest BCUT2D eigenvalue weighted by Gasteiger charge is -1.94. The monoisotopic (exact) mass is 211 g/mol. The van der Waals surface area contributed by atoms with Gasteiger partial charge in [-0.1, -0.05) is 30.0 Å². The lowest BCUT2D eigenvalue weighted by atomic mass is 10.2. The molecule has 1 aromatic carbocycles. The first kappa shape index (κ1) is 9.99. The summed E-state index contributed by atoms with van der Waals surface area (Å²) >= 11 is 0. The van der Waals surface area contributed by atoms with Crippen LogP contribution in [0.1, 0.15) is 11.1 Å². The van der Waals surface area contributed by atoms with Crippen LogP contribution in [0, 0.1) is 11.8 Å². The molecule has 2 aromatic rings. The van der Waals surface area contributed by atoms with Gasteiger partial charge in [0, 0.05) is 5.56 Å². The molecule has 3 N–H and O–H groups in total. The molecule has 0 saturated carbocycles. The predicted molar refractivity (Wildman–Crippen MR) is 61.7 cm³/mol. The van der Waals surface area contributed by atoms with Gasteiger partial charge >= 0.3 is 5.69 Å². The van der Waals surface area contributed by atoms with E-state index in [4.69, 9.17) is 5.73 Å². The van der Waals surface area contributed by atoms with Gasteiger partial charge in [-0.2, -0.15) is 0 Å². The number of H-pyrrole nitrogens is 1. The lowest BCUT2D eigenvalue weighted by molar-refractivity contribution is 1.08. The van der Waals surface area contributed by atoms with Crippen LogP contribution in [-0.2, 0) is 0 Å². The van der Waals surface area contributed by atoms with Crippen molar-refractivity contribution in [3.05, 3.63) is 58.1 Å². The van der Waals surface area contributed by atoms with Gasteiger partial charge < -0.3 is 5.73 Å². The van der Waals surface area contributed by atoms with Crippen LogP contribution in [0.15, 0.2) is 41.3 Å². The number of rotatable bonds is 0. The predicted octanol–water partition coefficient (Wildman–Crippen LogP) is 0.752. The third kappa shape index (κ3) is 2.28. The van der Waals surface area contributed by atoms with Crippen LogP contribution in [0.3, 0.4) is 0 Å². The molecule has 0 atom stereocenters. The van der Waals surface area contributed by atoms with Crippen LogP contribution < -0.4 is 11.4 Å². The Morgan fingerprint density at radius 1 is 1.19 bits per heavy atom. The van der Waals surface area contributed by atoms with Crippen molar-refractivity contribution in [3.63, 3.8) is 0 Å². The maximum atomic E-state index is 10.8. The molecule has 0 radical (unpaired) electrons. The van der Waals surface area contributed by atoms with Crippen LogP contribution in [0.5, 0.6) is 0 Å². The van der Waals surface area contributed by atoms with Gasteiger partial charge in [-0.25, -0.2) is 9.78 Å². The van der Waals surface area contributed by atoms with Crippen LogP contribution in [-0.4, -0.2) is 9.97 Å². The minimum Gasteiger partial charge on any atom is -0.384 e. The molecule has 2 rings (SSSR count). The highest BCUT2D eigenvalue weighted by molar-refractivity contribution is 5.51. The molecule has 4 nitrogen and oxygen atoms in total. The second-order valence-corrected chi connectivity index (χ2v) is 3.13. The molecule has 16 heavy (non-hydrogen) atoms. The summed E-state index contributed by atoms with van der Waals surface area (Å²) in [5, 5.41) is 0. The first-order valence-corrected chi connectivity index (χ1v) is 4.67.